The summed E-state index contributed by atoms with van der Waals surface area (Å²) in [4.78, 5) is 11.4. The van der Waals surface area contributed by atoms with E-state index in [-0.39, 0.29) is 10.9 Å². The molecule has 0 saturated heterocycles. The zero-order valence-corrected chi connectivity index (χ0v) is 8.21. The quantitative estimate of drug-likeness (QED) is 0.694. The highest BCUT2D eigenvalue weighted by molar-refractivity contribution is 7.80. The lowest BCUT2D eigenvalue weighted by atomic mass is 10.3. The molecule has 0 amide bonds. The minimum Gasteiger partial charge on any atom is -0.301 e. The van der Waals surface area contributed by atoms with E-state index in [1.54, 1.807) is 16.7 Å². The standard InChI is InChI=1S/C9H13NOS/c1-3-8-5-4-6-9(11)10(8)7(2)12/h4-7,12H,3H2,1-2H3. The summed E-state index contributed by atoms with van der Waals surface area (Å²) in [6.45, 7) is 3.92. The van der Waals surface area contributed by atoms with Gasteiger partial charge in [0.1, 0.15) is 0 Å². The number of pyridine rings is 1. The van der Waals surface area contributed by atoms with E-state index >= 15 is 0 Å². The van der Waals surface area contributed by atoms with Gasteiger partial charge in [0.25, 0.3) is 5.56 Å². The predicted molar refractivity (Wildman–Crippen MR) is 53.8 cm³/mol. The molecule has 66 valence electrons. The molecule has 0 radical (unpaired) electrons. The van der Waals surface area contributed by atoms with Crippen LogP contribution in [0, 0.1) is 0 Å². The topological polar surface area (TPSA) is 22.0 Å². The Morgan fingerprint density at radius 2 is 2.25 bits per heavy atom. The molecule has 1 atom stereocenters. The van der Waals surface area contributed by atoms with Gasteiger partial charge in [-0.05, 0) is 19.4 Å². The highest BCUT2D eigenvalue weighted by Gasteiger charge is 2.04. The number of rotatable bonds is 2. The summed E-state index contributed by atoms with van der Waals surface area (Å²) in [7, 11) is 0. The molecule has 0 bridgehead atoms. The third kappa shape index (κ3) is 1.72. The molecule has 0 N–H and O–H groups in total. The monoisotopic (exact) mass is 183 g/mol. The van der Waals surface area contributed by atoms with Crippen molar-refractivity contribution in [2.24, 2.45) is 0 Å². The second-order valence-electron chi connectivity index (χ2n) is 2.71. The third-order valence-corrected chi connectivity index (χ3v) is 2.04. The van der Waals surface area contributed by atoms with Crippen molar-refractivity contribution in [1.82, 2.24) is 4.57 Å². The first-order valence-corrected chi connectivity index (χ1v) is 4.57. The molecule has 1 unspecified atom stereocenters. The number of hydrogen-bond acceptors (Lipinski definition) is 2. The van der Waals surface area contributed by atoms with Crippen LogP contribution in [0.15, 0.2) is 23.0 Å². The number of thiol groups is 1. The summed E-state index contributed by atoms with van der Waals surface area (Å²) in [5, 5.41) is -0.0475. The Morgan fingerprint density at radius 3 is 2.67 bits per heavy atom. The van der Waals surface area contributed by atoms with Crippen LogP contribution in [0.3, 0.4) is 0 Å². The molecule has 0 fully saturated rings. The van der Waals surface area contributed by atoms with E-state index in [0.29, 0.717) is 0 Å². The highest BCUT2D eigenvalue weighted by Crippen LogP contribution is 2.10. The molecule has 1 rings (SSSR count). The molecule has 0 spiro atoms. The Balaban J connectivity index is 3.30. The van der Waals surface area contributed by atoms with Gasteiger partial charge in [0.2, 0.25) is 0 Å². The van der Waals surface area contributed by atoms with Crippen molar-refractivity contribution < 1.29 is 0 Å². The van der Waals surface area contributed by atoms with Gasteiger partial charge in [0.15, 0.2) is 0 Å². The number of hydrogen-bond donors (Lipinski definition) is 1. The molecule has 3 heteroatoms. The Morgan fingerprint density at radius 1 is 1.58 bits per heavy atom. The first-order valence-electron chi connectivity index (χ1n) is 4.05. The smallest absolute Gasteiger partial charge is 0.251 e. The first-order chi connectivity index (χ1) is 5.66. The average Bonchev–Trinajstić information content (AvgIpc) is 2.03. The van der Waals surface area contributed by atoms with Gasteiger partial charge in [0, 0.05) is 11.8 Å². The van der Waals surface area contributed by atoms with Gasteiger partial charge < -0.3 is 4.57 Å². The van der Waals surface area contributed by atoms with Crippen LogP contribution >= 0.6 is 12.6 Å². The van der Waals surface area contributed by atoms with Crippen LogP contribution in [0.1, 0.15) is 24.9 Å². The minimum atomic E-state index is -0.0475. The molecule has 2 nitrogen and oxygen atoms in total. The second-order valence-corrected chi connectivity index (χ2v) is 3.46. The van der Waals surface area contributed by atoms with E-state index < -0.39 is 0 Å². The molecule has 0 aliphatic rings. The fraction of sp³-hybridized carbons (Fsp3) is 0.444. The summed E-state index contributed by atoms with van der Waals surface area (Å²) in [6, 6.07) is 5.30. The minimum absolute atomic E-state index is 0.0249. The lowest BCUT2D eigenvalue weighted by Gasteiger charge is -2.13. The second kappa shape index (κ2) is 3.81. The van der Waals surface area contributed by atoms with E-state index in [2.05, 4.69) is 12.6 Å². The molecule has 1 heterocycles. The SMILES string of the molecule is CCc1cccc(=O)n1C(C)S. The normalized spacial score (nSPS) is 12.9. The summed E-state index contributed by atoms with van der Waals surface area (Å²) >= 11 is 4.24. The van der Waals surface area contributed by atoms with Crippen molar-refractivity contribution in [3.05, 3.63) is 34.2 Å². The van der Waals surface area contributed by atoms with Crippen molar-refractivity contribution in [2.75, 3.05) is 0 Å². The van der Waals surface area contributed by atoms with Gasteiger partial charge in [0.05, 0.1) is 5.37 Å². The lowest BCUT2D eigenvalue weighted by molar-refractivity contribution is 0.668. The Kier molecular flexibility index (Phi) is 2.98. The Bertz CT molecular complexity index is 317. The Hall–Kier alpha value is -0.700. The maximum atomic E-state index is 11.4. The van der Waals surface area contributed by atoms with Crippen LogP contribution < -0.4 is 5.56 Å². The lowest BCUT2D eigenvalue weighted by Crippen LogP contribution is -2.22. The van der Waals surface area contributed by atoms with E-state index in [9.17, 15) is 4.79 Å². The maximum Gasteiger partial charge on any atom is 0.251 e. The molecule has 0 saturated carbocycles. The van der Waals surface area contributed by atoms with Crippen molar-refractivity contribution in [1.29, 1.82) is 0 Å². The van der Waals surface area contributed by atoms with Crippen LogP contribution in [0.25, 0.3) is 0 Å². The van der Waals surface area contributed by atoms with Gasteiger partial charge in [-0.25, -0.2) is 0 Å². The number of aromatic nitrogens is 1. The molecule has 0 aromatic carbocycles. The van der Waals surface area contributed by atoms with Gasteiger partial charge in [-0.15, -0.1) is 0 Å². The summed E-state index contributed by atoms with van der Waals surface area (Å²) in [5.74, 6) is 0. The van der Waals surface area contributed by atoms with E-state index in [0.717, 1.165) is 12.1 Å². The molecular formula is C9H13NOS. The van der Waals surface area contributed by atoms with Gasteiger partial charge in [-0.1, -0.05) is 13.0 Å². The highest BCUT2D eigenvalue weighted by atomic mass is 32.1. The van der Waals surface area contributed by atoms with Gasteiger partial charge in [-0.3, -0.25) is 4.79 Å². The predicted octanol–water partition coefficient (Wildman–Crippen LogP) is 1.86. The fourth-order valence-electron chi connectivity index (χ4n) is 1.26. The van der Waals surface area contributed by atoms with Crippen LogP contribution in [0.4, 0.5) is 0 Å². The summed E-state index contributed by atoms with van der Waals surface area (Å²) < 4.78 is 1.70. The van der Waals surface area contributed by atoms with E-state index in [4.69, 9.17) is 0 Å². The third-order valence-electron chi connectivity index (χ3n) is 1.81. The van der Waals surface area contributed by atoms with Crippen molar-refractivity contribution in [3.8, 4) is 0 Å². The maximum absolute atomic E-state index is 11.4. The van der Waals surface area contributed by atoms with E-state index in [1.165, 1.54) is 0 Å². The van der Waals surface area contributed by atoms with Crippen LogP contribution in [0.5, 0.6) is 0 Å². The summed E-state index contributed by atoms with van der Waals surface area (Å²) in [5.41, 5.74) is 1.06. The average molecular weight is 183 g/mol. The largest absolute Gasteiger partial charge is 0.301 e. The Labute approximate surface area is 77.6 Å². The van der Waals surface area contributed by atoms with Crippen LogP contribution in [0.2, 0.25) is 0 Å². The number of aryl methyl sites for hydroxylation is 1. The van der Waals surface area contributed by atoms with Crippen LogP contribution in [-0.4, -0.2) is 4.57 Å². The molecule has 0 aliphatic carbocycles. The van der Waals surface area contributed by atoms with E-state index in [1.807, 2.05) is 19.9 Å². The fourth-order valence-corrected chi connectivity index (χ4v) is 1.52. The zero-order chi connectivity index (χ0) is 9.14. The molecule has 12 heavy (non-hydrogen) atoms. The zero-order valence-electron chi connectivity index (χ0n) is 7.32. The molecule has 1 aromatic rings. The molecule has 1 aromatic heterocycles. The number of nitrogens with zero attached hydrogens (tertiary/aromatic N) is 1. The van der Waals surface area contributed by atoms with Crippen molar-refractivity contribution in [2.45, 2.75) is 25.6 Å². The van der Waals surface area contributed by atoms with Crippen LogP contribution in [-0.2, 0) is 6.42 Å². The van der Waals surface area contributed by atoms with Gasteiger partial charge in [-0.2, -0.15) is 12.6 Å². The van der Waals surface area contributed by atoms with Crippen molar-refractivity contribution in [3.63, 3.8) is 0 Å². The van der Waals surface area contributed by atoms with Crippen molar-refractivity contribution >= 4 is 12.6 Å². The molecule has 0 aliphatic heterocycles. The molecular weight excluding hydrogens is 170 g/mol. The first kappa shape index (κ1) is 9.39. The van der Waals surface area contributed by atoms with Gasteiger partial charge >= 0.3 is 0 Å². The summed E-state index contributed by atoms with van der Waals surface area (Å²) in [6.07, 6.45) is 0.862.